The molecule has 17 heavy (non-hydrogen) atoms. The second-order valence-corrected chi connectivity index (χ2v) is 4.22. The predicted octanol–water partition coefficient (Wildman–Crippen LogP) is 1.29. The summed E-state index contributed by atoms with van der Waals surface area (Å²) in [5.41, 5.74) is -0.843. The summed E-state index contributed by atoms with van der Waals surface area (Å²) in [4.78, 5) is 11.2. The number of aliphatic hydroxyl groups is 1. The first-order valence-electron chi connectivity index (χ1n) is 6.00. The van der Waals surface area contributed by atoms with Crippen LogP contribution in [0, 0.1) is 5.41 Å². The first-order valence-corrected chi connectivity index (χ1v) is 6.00. The number of hydrogen-bond donors (Lipinski definition) is 2. The van der Waals surface area contributed by atoms with Crippen LogP contribution in [-0.2, 0) is 14.3 Å². The van der Waals surface area contributed by atoms with Gasteiger partial charge in [-0.25, -0.2) is 0 Å². The number of aliphatic carboxylic acids is 1. The average molecular weight is 248 g/mol. The highest BCUT2D eigenvalue weighted by molar-refractivity contribution is 5.74. The van der Waals surface area contributed by atoms with Gasteiger partial charge in [-0.15, -0.1) is 0 Å². The monoisotopic (exact) mass is 248 g/mol. The van der Waals surface area contributed by atoms with Crippen molar-refractivity contribution in [1.29, 1.82) is 0 Å². The number of rotatable bonds is 10. The van der Waals surface area contributed by atoms with Gasteiger partial charge in [-0.3, -0.25) is 4.79 Å². The third kappa shape index (κ3) is 5.48. The van der Waals surface area contributed by atoms with Crippen LogP contribution in [-0.4, -0.2) is 49.2 Å². The Morgan fingerprint density at radius 2 is 1.88 bits per heavy atom. The molecular weight excluding hydrogens is 224 g/mol. The molecule has 0 heterocycles. The van der Waals surface area contributed by atoms with Crippen LogP contribution in [0.4, 0.5) is 0 Å². The van der Waals surface area contributed by atoms with E-state index >= 15 is 0 Å². The zero-order valence-corrected chi connectivity index (χ0v) is 10.9. The smallest absolute Gasteiger partial charge is 0.309 e. The van der Waals surface area contributed by atoms with Gasteiger partial charge in [0.05, 0.1) is 31.3 Å². The summed E-state index contributed by atoms with van der Waals surface area (Å²) in [6.07, 6.45) is 0.493. The van der Waals surface area contributed by atoms with Gasteiger partial charge in [0.25, 0.3) is 0 Å². The minimum Gasteiger partial charge on any atom is -0.481 e. The third-order valence-electron chi connectivity index (χ3n) is 3.18. The highest BCUT2D eigenvalue weighted by Crippen LogP contribution is 2.32. The Morgan fingerprint density at radius 3 is 2.29 bits per heavy atom. The van der Waals surface area contributed by atoms with Crippen LogP contribution in [0.3, 0.4) is 0 Å². The van der Waals surface area contributed by atoms with E-state index in [1.807, 2.05) is 13.8 Å². The highest BCUT2D eigenvalue weighted by atomic mass is 16.5. The summed E-state index contributed by atoms with van der Waals surface area (Å²) < 4.78 is 9.99. The number of ether oxygens (including phenoxy) is 2. The largest absolute Gasteiger partial charge is 0.481 e. The maximum Gasteiger partial charge on any atom is 0.309 e. The summed E-state index contributed by atoms with van der Waals surface area (Å²) in [7, 11) is 1.57. The third-order valence-corrected chi connectivity index (χ3v) is 3.18. The maximum absolute atomic E-state index is 11.2. The van der Waals surface area contributed by atoms with Crippen LogP contribution in [0.5, 0.6) is 0 Å². The van der Waals surface area contributed by atoms with Crippen molar-refractivity contribution in [3.8, 4) is 0 Å². The van der Waals surface area contributed by atoms with Crippen LogP contribution in [0.25, 0.3) is 0 Å². The molecule has 5 nitrogen and oxygen atoms in total. The molecule has 0 aliphatic rings. The molecule has 0 spiro atoms. The molecule has 0 aliphatic heterocycles. The summed E-state index contributed by atoms with van der Waals surface area (Å²) >= 11 is 0. The second-order valence-electron chi connectivity index (χ2n) is 4.22. The molecule has 0 aliphatic carbocycles. The molecule has 2 N–H and O–H groups in total. The fourth-order valence-electron chi connectivity index (χ4n) is 1.80. The Hall–Kier alpha value is -0.650. The standard InChI is InChI=1S/C12H24O5/c1-4-12(5-2,11(14)15)8-10(13)9-17-7-6-16-3/h10,13H,4-9H2,1-3H3,(H,14,15). The zero-order chi connectivity index (χ0) is 13.3. The van der Waals surface area contributed by atoms with Crippen molar-refractivity contribution in [3.05, 3.63) is 0 Å². The van der Waals surface area contributed by atoms with E-state index in [0.29, 0.717) is 26.1 Å². The number of hydrogen-bond acceptors (Lipinski definition) is 4. The number of aliphatic hydroxyl groups excluding tert-OH is 1. The first kappa shape index (κ1) is 16.4. The summed E-state index contributed by atoms with van der Waals surface area (Å²) in [5, 5.41) is 19.0. The van der Waals surface area contributed by atoms with Gasteiger partial charge in [0.2, 0.25) is 0 Å². The lowest BCUT2D eigenvalue weighted by Crippen LogP contribution is -2.35. The van der Waals surface area contributed by atoms with E-state index in [1.165, 1.54) is 0 Å². The first-order chi connectivity index (χ1) is 8.02. The molecule has 0 amide bonds. The lowest BCUT2D eigenvalue weighted by Gasteiger charge is -2.29. The molecule has 0 saturated heterocycles. The lowest BCUT2D eigenvalue weighted by molar-refractivity contribution is -0.152. The van der Waals surface area contributed by atoms with Gasteiger partial charge >= 0.3 is 5.97 Å². The van der Waals surface area contributed by atoms with Gasteiger partial charge in [0.15, 0.2) is 0 Å². The number of carboxylic acids is 1. The number of carbonyl (C=O) groups is 1. The summed E-state index contributed by atoms with van der Waals surface area (Å²) in [5.74, 6) is -0.849. The number of carboxylic acid groups (broad SMARTS) is 1. The Balaban J connectivity index is 4.13. The summed E-state index contributed by atoms with van der Waals surface area (Å²) in [6.45, 7) is 4.69. The molecule has 0 saturated carbocycles. The molecule has 1 unspecified atom stereocenters. The molecule has 0 bridgehead atoms. The van der Waals surface area contributed by atoms with Gasteiger partial charge < -0.3 is 19.7 Å². The maximum atomic E-state index is 11.2. The second kappa shape index (κ2) is 8.44. The zero-order valence-electron chi connectivity index (χ0n) is 10.9. The molecule has 102 valence electrons. The van der Waals surface area contributed by atoms with Crippen LogP contribution < -0.4 is 0 Å². The van der Waals surface area contributed by atoms with Crippen LogP contribution >= 0.6 is 0 Å². The van der Waals surface area contributed by atoms with Crippen molar-refractivity contribution in [3.63, 3.8) is 0 Å². The van der Waals surface area contributed by atoms with Crippen molar-refractivity contribution in [2.24, 2.45) is 5.41 Å². The van der Waals surface area contributed by atoms with Crippen molar-refractivity contribution >= 4 is 5.97 Å². The molecule has 0 radical (unpaired) electrons. The Morgan fingerprint density at radius 1 is 1.29 bits per heavy atom. The number of methoxy groups -OCH3 is 1. The van der Waals surface area contributed by atoms with Crippen LogP contribution in [0.1, 0.15) is 33.1 Å². The summed E-state index contributed by atoms with van der Waals surface area (Å²) in [6, 6.07) is 0. The van der Waals surface area contributed by atoms with E-state index < -0.39 is 17.5 Å². The minimum atomic E-state index is -0.849. The molecule has 5 heteroatoms. The topological polar surface area (TPSA) is 76.0 Å². The van der Waals surface area contributed by atoms with Crippen molar-refractivity contribution in [1.82, 2.24) is 0 Å². The molecule has 0 aromatic carbocycles. The van der Waals surface area contributed by atoms with Gasteiger partial charge in [-0.1, -0.05) is 13.8 Å². The van der Waals surface area contributed by atoms with Crippen molar-refractivity contribution in [2.75, 3.05) is 26.9 Å². The van der Waals surface area contributed by atoms with E-state index in [1.54, 1.807) is 7.11 Å². The molecule has 0 fully saturated rings. The molecule has 1 atom stereocenters. The van der Waals surface area contributed by atoms with E-state index in [4.69, 9.17) is 9.47 Å². The van der Waals surface area contributed by atoms with E-state index in [9.17, 15) is 15.0 Å². The quantitative estimate of drug-likeness (QED) is 0.570. The van der Waals surface area contributed by atoms with Crippen LogP contribution in [0.15, 0.2) is 0 Å². The minimum absolute atomic E-state index is 0.151. The van der Waals surface area contributed by atoms with E-state index in [2.05, 4.69) is 0 Å². The Kier molecular flexibility index (Phi) is 8.12. The van der Waals surface area contributed by atoms with Gasteiger partial charge in [0, 0.05) is 7.11 Å². The normalized spacial score (nSPS) is 13.6. The van der Waals surface area contributed by atoms with E-state index in [0.717, 1.165) is 0 Å². The van der Waals surface area contributed by atoms with Crippen LogP contribution in [0.2, 0.25) is 0 Å². The van der Waals surface area contributed by atoms with Gasteiger partial charge in [0.1, 0.15) is 0 Å². The van der Waals surface area contributed by atoms with Crippen molar-refractivity contribution in [2.45, 2.75) is 39.2 Å². The lowest BCUT2D eigenvalue weighted by atomic mass is 9.77. The molecule has 0 aromatic heterocycles. The van der Waals surface area contributed by atoms with Gasteiger partial charge in [-0.2, -0.15) is 0 Å². The van der Waals surface area contributed by atoms with Crippen molar-refractivity contribution < 1.29 is 24.5 Å². The molecule has 0 rings (SSSR count). The molecular formula is C12H24O5. The average Bonchev–Trinajstić information content (AvgIpc) is 2.31. The predicted molar refractivity (Wildman–Crippen MR) is 64.0 cm³/mol. The highest BCUT2D eigenvalue weighted by Gasteiger charge is 2.36. The van der Waals surface area contributed by atoms with E-state index in [-0.39, 0.29) is 13.0 Å². The Bertz CT molecular complexity index is 213. The Labute approximate surface area is 103 Å². The fourth-order valence-corrected chi connectivity index (χ4v) is 1.80. The molecule has 0 aromatic rings. The fraction of sp³-hybridized carbons (Fsp3) is 0.917. The SMILES string of the molecule is CCC(CC)(CC(O)COCCOC)C(=O)O. The van der Waals surface area contributed by atoms with Gasteiger partial charge in [-0.05, 0) is 19.3 Å².